The van der Waals surface area contributed by atoms with Gasteiger partial charge in [-0.15, -0.1) is 0 Å². The summed E-state index contributed by atoms with van der Waals surface area (Å²) in [5.41, 5.74) is 5.39. The fraction of sp³-hybridized carbons (Fsp3) is 0.343. The van der Waals surface area contributed by atoms with Gasteiger partial charge in [0.25, 0.3) is 5.91 Å². The van der Waals surface area contributed by atoms with Crippen molar-refractivity contribution in [2.45, 2.75) is 54.4 Å². The van der Waals surface area contributed by atoms with Crippen molar-refractivity contribution >= 4 is 40.9 Å². The molecule has 0 aliphatic heterocycles. The molecule has 0 aliphatic carbocycles. The summed E-state index contributed by atoms with van der Waals surface area (Å²) in [7, 11) is 1.85. The average molecular weight is 570 g/mol. The Morgan fingerprint density at radius 3 is 2.29 bits per heavy atom. The number of allylic oxidation sites excluding steroid dienone is 1. The van der Waals surface area contributed by atoms with Gasteiger partial charge >= 0.3 is 5.97 Å². The molecule has 0 saturated carbocycles. The van der Waals surface area contributed by atoms with Gasteiger partial charge in [0.05, 0.1) is 11.1 Å². The van der Waals surface area contributed by atoms with Crippen molar-refractivity contribution in [3.05, 3.63) is 94.6 Å². The Morgan fingerprint density at radius 1 is 1.00 bits per heavy atom. The number of anilines is 3. The molecule has 222 valence electrons. The molecule has 0 bridgehead atoms. The molecular formula is C35H43N3O4. The van der Waals surface area contributed by atoms with Gasteiger partial charge in [-0.1, -0.05) is 64.5 Å². The highest BCUT2D eigenvalue weighted by Crippen LogP contribution is 2.32. The van der Waals surface area contributed by atoms with Crippen LogP contribution in [0, 0.1) is 18.3 Å². The van der Waals surface area contributed by atoms with Gasteiger partial charge < -0.3 is 20.6 Å². The average Bonchev–Trinajstić information content (AvgIpc) is 2.94. The first-order chi connectivity index (χ1) is 19.8. The van der Waals surface area contributed by atoms with E-state index in [0.29, 0.717) is 52.6 Å². The second-order valence-corrected chi connectivity index (χ2v) is 11.9. The lowest BCUT2D eigenvalue weighted by molar-refractivity contribution is 0.0696. The summed E-state index contributed by atoms with van der Waals surface area (Å²) >= 11 is 0. The van der Waals surface area contributed by atoms with Gasteiger partial charge in [-0.2, -0.15) is 0 Å². The van der Waals surface area contributed by atoms with Crippen molar-refractivity contribution < 1.29 is 19.5 Å². The first-order valence-corrected chi connectivity index (χ1v) is 14.4. The van der Waals surface area contributed by atoms with Crippen LogP contribution in [0.4, 0.5) is 17.1 Å². The monoisotopic (exact) mass is 569 g/mol. The summed E-state index contributed by atoms with van der Waals surface area (Å²) in [6.07, 6.45) is 4.36. The first kappa shape index (κ1) is 32.1. The van der Waals surface area contributed by atoms with Crippen molar-refractivity contribution in [2.75, 3.05) is 29.1 Å². The van der Waals surface area contributed by atoms with E-state index in [1.165, 1.54) is 18.2 Å². The van der Waals surface area contributed by atoms with Crippen molar-refractivity contribution in [1.29, 1.82) is 0 Å². The number of rotatable bonds is 13. The number of amides is 1. The molecule has 3 rings (SSSR count). The minimum Gasteiger partial charge on any atom is -0.478 e. The van der Waals surface area contributed by atoms with Gasteiger partial charge in [-0.25, -0.2) is 4.79 Å². The number of hydrogen-bond acceptors (Lipinski definition) is 5. The maximum atomic E-state index is 13.7. The normalized spacial score (nSPS) is 11.8. The van der Waals surface area contributed by atoms with Crippen molar-refractivity contribution in [2.24, 2.45) is 11.3 Å². The van der Waals surface area contributed by atoms with E-state index in [-0.39, 0.29) is 16.9 Å². The summed E-state index contributed by atoms with van der Waals surface area (Å²) in [6.45, 7) is 13.5. The molecule has 7 heteroatoms. The Balaban J connectivity index is 2.06. The van der Waals surface area contributed by atoms with Gasteiger partial charge in [0.15, 0.2) is 6.29 Å². The van der Waals surface area contributed by atoms with Crippen molar-refractivity contribution in [3.63, 3.8) is 0 Å². The maximum absolute atomic E-state index is 13.7. The summed E-state index contributed by atoms with van der Waals surface area (Å²) in [5, 5.41) is 16.1. The Bertz CT molecular complexity index is 1460. The molecule has 0 spiro atoms. The zero-order valence-corrected chi connectivity index (χ0v) is 25.7. The van der Waals surface area contributed by atoms with E-state index in [2.05, 4.69) is 38.3 Å². The van der Waals surface area contributed by atoms with Gasteiger partial charge in [0, 0.05) is 47.5 Å². The number of aromatic carboxylic acids is 1. The standard InChI is InChI=1S/C35H43N3O4/c1-8-9-32(29-18-25(34(41)42)12-13-26(29)21-39)38(7)28-16-17-31(36-22-35(5,6)20-23(2)3)30(19-28)33(40)37-27-14-10-24(4)11-15-27/h9-19,21,23,36H,8,20,22H2,1-7H3,(H,37,40)(H,41,42)/b32-9+. The third-order valence-electron chi connectivity index (χ3n) is 7.12. The Hall–Kier alpha value is -4.39. The van der Waals surface area contributed by atoms with E-state index in [1.807, 2.05) is 74.3 Å². The third kappa shape index (κ3) is 8.32. The Labute approximate surface area is 249 Å². The van der Waals surface area contributed by atoms with Crippen LogP contribution in [-0.4, -0.2) is 36.9 Å². The number of carbonyl (C=O) groups excluding carboxylic acids is 2. The predicted molar refractivity (Wildman–Crippen MR) is 173 cm³/mol. The van der Waals surface area contributed by atoms with E-state index in [9.17, 15) is 19.5 Å². The second-order valence-electron chi connectivity index (χ2n) is 11.9. The third-order valence-corrected chi connectivity index (χ3v) is 7.12. The van der Waals surface area contributed by atoms with Crippen LogP contribution in [-0.2, 0) is 0 Å². The van der Waals surface area contributed by atoms with Crippen LogP contribution in [0.15, 0.2) is 66.7 Å². The summed E-state index contributed by atoms with van der Waals surface area (Å²) in [5.74, 6) is -0.777. The number of carbonyl (C=O) groups is 3. The number of carboxylic acid groups (broad SMARTS) is 1. The number of benzene rings is 3. The second kappa shape index (κ2) is 14.0. The molecular weight excluding hydrogens is 526 g/mol. The minimum absolute atomic E-state index is 0.0196. The minimum atomic E-state index is -1.07. The lowest BCUT2D eigenvalue weighted by atomic mass is 9.84. The fourth-order valence-corrected chi connectivity index (χ4v) is 5.20. The number of aryl methyl sites for hydroxylation is 1. The SMILES string of the molecule is CC/C=C(\c1cc(C(=O)O)ccc1C=O)N(C)c1ccc(NCC(C)(C)CC(C)C)c(C(=O)Nc2ccc(C)cc2)c1. The van der Waals surface area contributed by atoms with Crippen LogP contribution >= 0.6 is 0 Å². The van der Waals surface area contributed by atoms with Crippen LogP contribution in [0.5, 0.6) is 0 Å². The number of nitrogens with zero attached hydrogens (tertiary/aromatic N) is 1. The fourth-order valence-electron chi connectivity index (χ4n) is 5.20. The van der Waals surface area contributed by atoms with Gasteiger partial charge in [-0.05, 0) is 73.6 Å². The lowest BCUT2D eigenvalue weighted by Gasteiger charge is -2.29. The summed E-state index contributed by atoms with van der Waals surface area (Å²) in [4.78, 5) is 39.2. The molecule has 0 unspecified atom stereocenters. The quantitative estimate of drug-likeness (QED) is 0.180. The van der Waals surface area contributed by atoms with Gasteiger partial charge in [0.1, 0.15) is 0 Å². The zero-order valence-electron chi connectivity index (χ0n) is 25.7. The van der Waals surface area contributed by atoms with Crippen molar-refractivity contribution in [3.8, 4) is 0 Å². The van der Waals surface area contributed by atoms with E-state index in [4.69, 9.17) is 0 Å². The van der Waals surface area contributed by atoms with E-state index < -0.39 is 5.97 Å². The molecule has 0 fully saturated rings. The maximum Gasteiger partial charge on any atom is 0.335 e. The van der Waals surface area contributed by atoms with Crippen LogP contribution in [0.1, 0.15) is 89.7 Å². The number of carboxylic acids is 1. The van der Waals surface area contributed by atoms with Gasteiger partial charge in [-0.3, -0.25) is 9.59 Å². The van der Waals surface area contributed by atoms with Crippen LogP contribution in [0.3, 0.4) is 0 Å². The van der Waals surface area contributed by atoms with Gasteiger partial charge in [0.2, 0.25) is 0 Å². The molecule has 3 aromatic rings. The topological polar surface area (TPSA) is 98.7 Å². The molecule has 0 saturated heterocycles. The van der Waals surface area contributed by atoms with Crippen LogP contribution < -0.4 is 15.5 Å². The molecule has 7 nitrogen and oxygen atoms in total. The highest BCUT2D eigenvalue weighted by atomic mass is 16.4. The zero-order chi connectivity index (χ0) is 31.0. The smallest absolute Gasteiger partial charge is 0.335 e. The molecule has 3 aromatic carbocycles. The summed E-state index contributed by atoms with van der Waals surface area (Å²) in [6, 6.07) is 17.8. The molecule has 42 heavy (non-hydrogen) atoms. The van der Waals surface area contributed by atoms with Crippen molar-refractivity contribution in [1.82, 2.24) is 0 Å². The molecule has 0 aromatic heterocycles. The van der Waals surface area contributed by atoms with E-state index in [1.54, 1.807) is 0 Å². The Morgan fingerprint density at radius 2 is 1.69 bits per heavy atom. The van der Waals surface area contributed by atoms with Crippen LogP contribution in [0.2, 0.25) is 0 Å². The first-order valence-electron chi connectivity index (χ1n) is 14.4. The molecule has 0 aliphatic rings. The molecule has 0 heterocycles. The van der Waals surface area contributed by atoms with E-state index >= 15 is 0 Å². The predicted octanol–water partition coefficient (Wildman–Crippen LogP) is 8.13. The lowest BCUT2D eigenvalue weighted by Crippen LogP contribution is -2.26. The highest BCUT2D eigenvalue weighted by molar-refractivity contribution is 6.09. The summed E-state index contributed by atoms with van der Waals surface area (Å²) < 4.78 is 0. The number of hydrogen-bond donors (Lipinski definition) is 3. The number of nitrogens with one attached hydrogen (secondary N) is 2. The highest BCUT2D eigenvalue weighted by Gasteiger charge is 2.22. The number of aldehydes is 1. The molecule has 0 atom stereocenters. The molecule has 1 amide bonds. The van der Waals surface area contributed by atoms with E-state index in [0.717, 1.165) is 24.0 Å². The Kier molecular flexibility index (Phi) is 10.7. The molecule has 0 radical (unpaired) electrons. The van der Waals surface area contributed by atoms with Crippen LogP contribution in [0.25, 0.3) is 5.70 Å². The largest absolute Gasteiger partial charge is 0.478 e. The molecule has 3 N–H and O–H groups in total.